The first-order chi connectivity index (χ1) is 9.16. The van der Waals surface area contributed by atoms with Gasteiger partial charge in [-0.1, -0.05) is 20.0 Å². The molecule has 1 aliphatic rings. The Morgan fingerprint density at radius 3 is 2.35 bits per heavy atom. The summed E-state index contributed by atoms with van der Waals surface area (Å²) >= 11 is 0. The van der Waals surface area contributed by atoms with Crippen molar-refractivity contribution >= 4 is 14.7 Å². The van der Waals surface area contributed by atoms with E-state index in [0.29, 0.717) is 6.42 Å². The summed E-state index contributed by atoms with van der Waals surface area (Å²) < 4.78 is 1.78. The predicted octanol–water partition coefficient (Wildman–Crippen LogP) is 2.33. The van der Waals surface area contributed by atoms with Crippen molar-refractivity contribution in [3.63, 3.8) is 0 Å². The highest BCUT2D eigenvalue weighted by Crippen LogP contribution is 2.35. The van der Waals surface area contributed by atoms with Gasteiger partial charge in [0.2, 0.25) is 5.88 Å². The topological polar surface area (TPSA) is 67.6 Å². The van der Waals surface area contributed by atoms with Gasteiger partial charge in [0.05, 0.1) is 0 Å². The summed E-state index contributed by atoms with van der Waals surface area (Å²) in [6.45, 7) is 11.9. The largest absolute Gasteiger partial charge is 0.493 e. The van der Waals surface area contributed by atoms with Crippen molar-refractivity contribution in [1.82, 2.24) is 9.47 Å². The van der Waals surface area contributed by atoms with Gasteiger partial charge in [-0.15, -0.1) is 0 Å². The second kappa shape index (κ2) is 5.88. The van der Waals surface area contributed by atoms with Crippen LogP contribution in [-0.4, -0.2) is 41.0 Å². The number of Topliss-reactive ketones (excluding diaryl/α,β-unsaturated/α-hetero) is 1. The third-order valence-corrected chi connectivity index (χ3v) is 5.01. The zero-order valence-corrected chi connectivity index (χ0v) is 14.4. The zero-order valence-electron chi connectivity index (χ0n) is 13.3. The lowest BCUT2D eigenvalue weighted by atomic mass is 10.0. The fraction of sp³-hybridized carbons (Fsp3) is 0.714. The fourth-order valence-corrected chi connectivity index (χ4v) is 4.08. The van der Waals surface area contributed by atoms with E-state index in [-0.39, 0.29) is 17.4 Å². The number of hydrogen-bond donors (Lipinski definition) is 1. The lowest BCUT2D eigenvalue weighted by molar-refractivity contribution is -0.128. The highest BCUT2D eigenvalue weighted by molar-refractivity contribution is 6.53. The summed E-state index contributed by atoms with van der Waals surface area (Å²) in [7, 11) is -1.47. The molecule has 0 aromatic carbocycles. The molecule has 0 bridgehead atoms. The van der Waals surface area contributed by atoms with Crippen molar-refractivity contribution in [2.24, 2.45) is 0 Å². The van der Waals surface area contributed by atoms with Crippen LogP contribution in [0.1, 0.15) is 40.5 Å². The van der Waals surface area contributed by atoms with Crippen LogP contribution in [0, 0.1) is 11.3 Å². The van der Waals surface area contributed by atoms with E-state index in [0.717, 1.165) is 6.42 Å². The first-order valence-electron chi connectivity index (χ1n) is 7.10. The number of carbonyl (C=O) groups excluding carboxylic acids is 1. The minimum Gasteiger partial charge on any atom is -0.493 e. The van der Waals surface area contributed by atoms with Crippen LogP contribution < -0.4 is 0 Å². The van der Waals surface area contributed by atoms with Crippen molar-refractivity contribution in [2.45, 2.75) is 65.3 Å². The normalized spacial score (nSPS) is 19.8. The SMILES string of the molecule is CCCC(=O)[C@H]1N([SiH](C)C)C(O)=C(C#N)N1C(C)(C)C. The molecule has 1 aliphatic heterocycles. The van der Waals surface area contributed by atoms with Crippen molar-refractivity contribution < 1.29 is 9.90 Å². The van der Waals surface area contributed by atoms with Gasteiger partial charge in [-0.25, -0.2) is 0 Å². The zero-order chi connectivity index (χ0) is 15.7. The quantitative estimate of drug-likeness (QED) is 0.806. The third-order valence-electron chi connectivity index (χ3n) is 3.37. The van der Waals surface area contributed by atoms with E-state index in [4.69, 9.17) is 0 Å². The molecule has 0 amide bonds. The van der Waals surface area contributed by atoms with Crippen LogP contribution in [0.15, 0.2) is 11.6 Å². The highest BCUT2D eigenvalue weighted by atomic mass is 28.3. The first kappa shape index (κ1) is 16.6. The summed E-state index contributed by atoms with van der Waals surface area (Å²) in [6.07, 6.45) is 0.695. The van der Waals surface area contributed by atoms with Gasteiger partial charge in [0.15, 0.2) is 17.6 Å². The van der Waals surface area contributed by atoms with Crippen LogP contribution in [0.3, 0.4) is 0 Å². The van der Waals surface area contributed by atoms with E-state index in [1.807, 2.05) is 40.8 Å². The number of rotatable bonds is 4. The number of nitriles is 1. The van der Waals surface area contributed by atoms with Crippen LogP contribution in [0.4, 0.5) is 0 Å². The van der Waals surface area contributed by atoms with E-state index >= 15 is 0 Å². The lowest BCUT2D eigenvalue weighted by Crippen LogP contribution is -2.55. The molecule has 112 valence electrons. The van der Waals surface area contributed by atoms with Crippen LogP contribution in [-0.2, 0) is 4.79 Å². The van der Waals surface area contributed by atoms with Gasteiger partial charge in [0.1, 0.15) is 15.0 Å². The number of ketones is 1. The second-order valence-electron chi connectivity index (χ2n) is 6.42. The Morgan fingerprint density at radius 2 is 2.00 bits per heavy atom. The number of hydrogen-bond acceptors (Lipinski definition) is 5. The molecule has 0 saturated heterocycles. The van der Waals surface area contributed by atoms with Gasteiger partial charge in [0.25, 0.3) is 0 Å². The van der Waals surface area contributed by atoms with Crippen molar-refractivity contribution in [3.05, 3.63) is 11.6 Å². The molecule has 0 aliphatic carbocycles. The van der Waals surface area contributed by atoms with E-state index < -0.39 is 20.7 Å². The number of nitrogens with zero attached hydrogens (tertiary/aromatic N) is 3. The van der Waals surface area contributed by atoms with Crippen LogP contribution >= 0.6 is 0 Å². The van der Waals surface area contributed by atoms with Crippen molar-refractivity contribution in [2.75, 3.05) is 0 Å². The summed E-state index contributed by atoms with van der Waals surface area (Å²) in [5, 5.41) is 19.7. The molecule has 0 saturated carbocycles. The molecule has 1 atom stereocenters. The first-order valence-corrected chi connectivity index (χ1v) is 9.93. The molecule has 0 spiro atoms. The molecule has 0 unspecified atom stereocenters. The fourth-order valence-electron chi connectivity index (χ4n) is 2.60. The Balaban J connectivity index is 3.36. The summed E-state index contributed by atoms with van der Waals surface area (Å²) in [6, 6.07) is 2.07. The molecule has 0 aromatic heterocycles. The Labute approximate surface area is 123 Å². The second-order valence-corrected chi connectivity index (χ2v) is 9.16. The van der Waals surface area contributed by atoms with Gasteiger partial charge >= 0.3 is 0 Å². The molecule has 1 rings (SSSR count). The minimum absolute atomic E-state index is 0.0291. The van der Waals surface area contributed by atoms with Crippen molar-refractivity contribution in [1.29, 1.82) is 5.26 Å². The molecule has 1 heterocycles. The maximum absolute atomic E-state index is 12.5. The maximum Gasteiger partial charge on any atom is 0.216 e. The van der Waals surface area contributed by atoms with E-state index in [1.165, 1.54) is 0 Å². The van der Waals surface area contributed by atoms with E-state index in [1.54, 1.807) is 9.47 Å². The molecule has 0 radical (unpaired) electrons. The third kappa shape index (κ3) is 2.83. The minimum atomic E-state index is -1.47. The van der Waals surface area contributed by atoms with Crippen molar-refractivity contribution in [3.8, 4) is 6.07 Å². The van der Waals surface area contributed by atoms with Crippen LogP contribution in [0.25, 0.3) is 0 Å². The number of aliphatic hydroxyl groups excluding tert-OH is 1. The standard InChI is InChI=1S/C14H25N3O2Si/c1-7-8-11(18)12-16(14(2,3)4)10(9-15)13(19)17(12)20(5)6/h12,19-20H,7-8H2,1-6H3/t12-/m1/s1. The smallest absolute Gasteiger partial charge is 0.216 e. The molecular weight excluding hydrogens is 270 g/mol. The Kier molecular flexibility index (Phi) is 4.87. The van der Waals surface area contributed by atoms with Gasteiger partial charge in [0, 0.05) is 12.0 Å². The predicted molar refractivity (Wildman–Crippen MR) is 81.3 cm³/mol. The monoisotopic (exact) mass is 295 g/mol. The van der Waals surface area contributed by atoms with Gasteiger partial charge in [-0.2, -0.15) is 5.26 Å². The Morgan fingerprint density at radius 1 is 1.45 bits per heavy atom. The van der Waals surface area contributed by atoms with Crippen LogP contribution in [0.5, 0.6) is 0 Å². The number of aliphatic hydroxyl groups is 1. The summed E-state index contributed by atoms with van der Waals surface area (Å²) in [4.78, 5) is 14.3. The van der Waals surface area contributed by atoms with E-state index in [9.17, 15) is 15.2 Å². The Bertz CT molecular complexity index is 460. The van der Waals surface area contributed by atoms with Gasteiger partial charge in [-0.05, 0) is 27.2 Å². The number of carbonyl (C=O) groups is 1. The molecule has 6 heteroatoms. The average molecular weight is 295 g/mol. The lowest BCUT2D eigenvalue weighted by Gasteiger charge is -2.41. The number of allylic oxidation sites excluding steroid dienone is 1. The highest BCUT2D eigenvalue weighted by Gasteiger charge is 2.47. The molecule has 1 N–H and O–H groups in total. The van der Waals surface area contributed by atoms with E-state index in [2.05, 4.69) is 6.07 Å². The maximum atomic E-state index is 12.5. The summed E-state index contributed by atoms with van der Waals surface area (Å²) in [5.74, 6) is 0.0407. The summed E-state index contributed by atoms with van der Waals surface area (Å²) in [5.41, 5.74) is -0.182. The molecule has 0 fully saturated rings. The molecular formula is C14H25N3O2Si. The molecule has 20 heavy (non-hydrogen) atoms. The van der Waals surface area contributed by atoms with Gasteiger partial charge in [-0.3, -0.25) is 4.79 Å². The van der Waals surface area contributed by atoms with Crippen LogP contribution in [0.2, 0.25) is 13.1 Å². The molecule has 5 nitrogen and oxygen atoms in total. The Hall–Kier alpha value is -1.48. The van der Waals surface area contributed by atoms with Gasteiger partial charge < -0.3 is 14.6 Å². The average Bonchev–Trinajstić information content (AvgIpc) is 2.62. The molecule has 0 aromatic rings.